The van der Waals surface area contributed by atoms with Crippen LogP contribution in [0.3, 0.4) is 0 Å². The highest BCUT2D eigenvalue weighted by atomic mass is 16.7. The number of ether oxygens (including phenoxy) is 5. The monoisotopic (exact) mass is 540 g/mol. The number of benzene rings is 2. The summed E-state index contributed by atoms with van der Waals surface area (Å²) >= 11 is 0. The Kier molecular flexibility index (Phi) is 10.9. The van der Waals surface area contributed by atoms with Gasteiger partial charge in [0.25, 0.3) is 0 Å². The Morgan fingerprint density at radius 2 is 1.63 bits per heavy atom. The Morgan fingerprint density at radius 1 is 0.895 bits per heavy atom. The minimum absolute atomic E-state index is 0.0826. The molecule has 1 aliphatic heterocycles. The second-order valence-corrected chi connectivity index (χ2v) is 8.87. The van der Waals surface area contributed by atoms with Crippen LogP contribution in [0.25, 0.3) is 0 Å². The number of hydrogen-bond acceptors (Lipinski definition) is 12. The number of aliphatic hydroxyl groups is 6. The van der Waals surface area contributed by atoms with Crippen LogP contribution in [0.4, 0.5) is 0 Å². The van der Waals surface area contributed by atoms with Gasteiger partial charge in [-0.15, -0.1) is 0 Å². The molecule has 12 heteroatoms. The fraction of sp³-hybridized carbons (Fsp3) is 0.538. The lowest BCUT2D eigenvalue weighted by Gasteiger charge is -2.39. The summed E-state index contributed by atoms with van der Waals surface area (Å²) in [7, 11) is 2.85. The second-order valence-electron chi connectivity index (χ2n) is 8.87. The Hall–Kier alpha value is -2.68. The van der Waals surface area contributed by atoms with E-state index in [4.69, 9.17) is 23.7 Å². The standard InChI is InChI=1S/C26H36O12/c1-34-18-11-15(6-7-16(18)29)22(30)20(12-27)37-17-8-5-14(10-19(17)35-2)4-3-9-36-26-25(33)24(32)23(31)21(13-28)38-26/h5-8,10-11,20-33H,3-4,9,12-13H2,1-2H3/t20-,21-,22-,23-,24+,25-,26-/m1/s1. The molecule has 7 atom stereocenters. The van der Waals surface area contributed by atoms with Crippen LogP contribution in [-0.4, -0.2) is 107 Å². The SMILES string of the molecule is COc1cc([C@@H](O)[C@@H](CO)Oc2ccc(CCCO[C@@H]3O[C@H](CO)[C@@H](O)[C@H](O)[C@H]3O)cc2OC)ccc1O. The average molecular weight is 541 g/mol. The molecule has 1 saturated heterocycles. The summed E-state index contributed by atoms with van der Waals surface area (Å²) in [5, 5.41) is 69.4. The highest BCUT2D eigenvalue weighted by Gasteiger charge is 2.43. The molecule has 12 nitrogen and oxygen atoms in total. The van der Waals surface area contributed by atoms with E-state index in [9.17, 15) is 35.7 Å². The van der Waals surface area contributed by atoms with Crippen molar-refractivity contribution in [2.24, 2.45) is 0 Å². The number of phenolic OH excluding ortho intramolecular Hbond substituents is 1. The number of methoxy groups -OCH3 is 2. The van der Waals surface area contributed by atoms with E-state index in [1.165, 1.54) is 32.4 Å². The van der Waals surface area contributed by atoms with Crippen LogP contribution in [-0.2, 0) is 15.9 Å². The Bertz CT molecular complexity index is 1020. The second kappa shape index (κ2) is 13.9. The van der Waals surface area contributed by atoms with Crippen molar-refractivity contribution in [2.45, 2.75) is 55.8 Å². The van der Waals surface area contributed by atoms with Crippen molar-refractivity contribution in [3.63, 3.8) is 0 Å². The van der Waals surface area contributed by atoms with Gasteiger partial charge in [0.15, 0.2) is 35.4 Å². The fourth-order valence-corrected chi connectivity index (χ4v) is 4.10. The molecule has 0 amide bonds. The molecule has 3 rings (SSSR count). The van der Waals surface area contributed by atoms with E-state index in [0.29, 0.717) is 29.9 Å². The van der Waals surface area contributed by atoms with Gasteiger partial charge in [-0.25, -0.2) is 0 Å². The molecular weight excluding hydrogens is 504 g/mol. The highest BCUT2D eigenvalue weighted by Crippen LogP contribution is 2.34. The van der Waals surface area contributed by atoms with E-state index in [-0.39, 0.29) is 18.1 Å². The van der Waals surface area contributed by atoms with Gasteiger partial charge < -0.3 is 59.4 Å². The summed E-state index contributed by atoms with van der Waals surface area (Å²) in [5.74, 6) is 0.778. The maximum absolute atomic E-state index is 10.8. The topological polar surface area (TPSA) is 188 Å². The van der Waals surface area contributed by atoms with E-state index in [1.54, 1.807) is 18.2 Å². The lowest BCUT2D eigenvalue weighted by Crippen LogP contribution is -2.59. The molecule has 2 aromatic rings. The number of aliphatic hydroxyl groups excluding tert-OH is 6. The average Bonchev–Trinajstić information content (AvgIpc) is 2.94. The maximum atomic E-state index is 10.8. The smallest absolute Gasteiger partial charge is 0.186 e. The van der Waals surface area contributed by atoms with Gasteiger partial charge in [0, 0.05) is 0 Å². The quantitative estimate of drug-likeness (QED) is 0.164. The summed E-state index contributed by atoms with van der Waals surface area (Å²) in [6, 6.07) is 9.52. The molecule has 0 bridgehead atoms. The van der Waals surface area contributed by atoms with Crippen LogP contribution >= 0.6 is 0 Å². The maximum Gasteiger partial charge on any atom is 0.186 e. The van der Waals surface area contributed by atoms with E-state index < -0.39 is 56.1 Å². The van der Waals surface area contributed by atoms with E-state index in [1.807, 2.05) is 0 Å². The highest BCUT2D eigenvalue weighted by molar-refractivity contribution is 5.44. The van der Waals surface area contributed by atoms with Gasteiger partial charge in [-0.1, -0.05) is 12.1 Å². The van der Waals surface area contributed by atoms with Crippen LogP contribution in [0.2, 0.25) is 0 Å². The summed E-state index contributed by atoms with van der Waals surface area (Å²) in [6.45, 7) is -0.862. The van der Waals surface area contributed by atoms with Crippen molar-refractivity contribution in [3.8, 4) is 23.0 Å². The van der Waals surface area contributed by atoms with Crippen molar-refractivity contribution >= 4 is 0 Å². The van der Waals surface area contributed by atoms with Crippen LogP contribution in [0.1, 0.15) is 23.7 Å². The lowest BCUT2D eigenvalue weighted by atomic mass is 9.99. The molecule has 0 saturated carbocycles. The number of rotatable bonds is 13. The molecule has 0 aromatic heterocycles. The van der Waals surface area contributed by atoms with Crippen LogP contribution < -0.4 is 14.2 Å². The molecule has 2 aromatic carbocycles. The zero-order chi connectivity index (χ0) is 27.8. The number of aromatic hydroxyl groups is 1. The number of aryl methyl sites for hydroxylation is 1. The van der Waals surface area contributed by atoms with E-state index in [2.05, 4.69) is 0 Å². The zero-order valence-electron chi connectivity index (χ0n) is 21.2. The van der Waals surface area contributed by atoms with Crippen LogP contribution in [0.5, 0.6) is 23.0 Å². The molecule has 0 aliphatic carbocycles. The molecule has 1 heterocycles. The zero-order valence-corrected chi connectivity index (χ0v) is 21.2. The first kappa shape index (κ1) is 29.9. The molecular formula is C26H36O12. The van der Waals surface area contributed by atoms with Crippen molar-refractivity contribution in [3.05, 3.63) is 47.5 Å². The van der Waals surface area contributed by atoms with Crippen LogP contribution in [0, 0.1) is 0 Å². The molecule has 0 spiro atoms. The van der Waals surface area contributed by atoms with Crippen molar-refractivity contribution in [1.29, 1.82) is 0 Å². The number of hydrogen-bond donors (Lipinski definition) is 7. The van der Waals surface area contributed by atoms with E-state index in [0.717, 1.165) is 5.56 Å². The third kappa shape index (κ3) is 7.04. The predicted molar refractivity (Wildman–Crippen MR) is 132 cm³/mol. The van der Waals surface area contributed by atoms with Gasteiger partial charge in [-0.05, 0) is 48.2 Å². The summed E-state index contributed by atoms with van der Waals surface area (Å²) in [5.41, 5.74) is 1.25. The van der Waals surface area contributed by atoms with Gasteiger partial charge in [0.1, 0.15) is 30.5 Å². The minimum atomic E-state index is -1.50. The predicted octanol–water partition coefficient (Wildman–Crippen LogP) is -0.368. The van der Waals surface area contributed by atoms with Gasteiger partial charge >= 0.3 is 0 Å². The Balaban J connectivity index is 1.58. The molecule has 212 valence electrons. The van der Waals surface area contributed by atoms with Gasteiger partial charge in [-0.2, -0.15) is 0 Å². The van der Waals surface area contributed by atoms with Crippen molar-refractivity contribution in [1.82, 2.24) is 0 Å². The largest absolute Gasteiger partial charge is 0.504 e. The Morgan fingerprint density at radius 3 is 2.29 bits per heavy atom. The van der Waals surface area contributed by atoms with Crippen molar-refractivity contribution < 1.29 is 59.4 Å². The van der Waals surface area contributed by atoms with E-state index >= 15 is 0 Å². The first-order chi connectivity index (χ1) is 18.2. The third-order valence-corrected chi connectivity index (χ3v) is 6.32. The van der Waals surface area contributed by atoms with Gasteiger partial charge in [-0.3, -0.25) is 0 Å². The number of phenols is 1. The summed E-state index contributed by atoms with van der Waals surface area (Å²) in [6.07, 6.45) is -7.82. The van der Waals surface area contributed by atoms with Crippen molar-refractivity contribution in [2.75, 3.05) is 34.0 Å². The molecule has 0 unspecified atom stereocenters. The van der Waals surface area contributed by atoms with Crippen LogP contribution in [0.15, 0.2) is 36.4 Å². The Labute approximate surface area is 220 Å². The molecule has 1 fully saturated rings. The molecule has 1 aliphatic rings. The molecule has 7 N–H and O–H groups in total. The van der Waals surface area contributed by atoms with Gasteiger partial charge in [0.2, 0.25) is 0 Å². The minimum Gasteiger partial charge on any atom is -0.504 e. The normalized spacial score (nSPS) is 25.0. The van der Waals surface area contributed by atoms with Gasteiger partial charge in [0.05, 0.1) is 34.0 Å². The molecule has 38 heavy (non-hydrogen) atoms. The first-order valence-electron chi connectivity index (χ1n) is 12.2. The fourth-order valence-electron chi connectivity index (χ4n) is 4.10. The first-order valence-corrected chi connectivity index (χ1v) is 12.2. The lowest BCUT2D eigenvalue weighted by molar-refractivity contribution is -0.301. The summed E-state index contributed by atoms with van der Waals surface area (Å²) < 4.78 is 27.2. The summed E-state index contributed by atoms with van der Waals surface area (Å²) in [4.78, 5) is 0. The molecule has 0 radical (unpaired) electrons. The third-order valence-electron chi connectivity index (χ3n) is 6.32.